The van der Waals surface area contributed by atoms with Crippen LogP contribution in [0.5, 0.6) is 0 Å². The molecule has 3 rings (SSSR count). The fourth-order valence-corrected chi connectivity index (χ4v) is 3.23. The van der Waals surface area contributed by atoms with Crippen molar-refractivity contribution in [3.8, 4) is 0 Å². The zero-order chi connectivity index (χ0) is 13.6. The first-order valence-corrected chi connectivity index (χ1v) is 6.52. The van der Waals surface area contributed by atoms with E-state index < -0.39 is 17.5 Å². The van der Waals surface area contributed by atoms with Crippen molar-refractivity contribution < 1.29 is 19.4 Å². The van der Waals surface area contributed by atoms with Crippen LogP contribution in [0.1, 0.15) is 41.6 Å². The summed E-state index contributed by atoms with van der Waals surface area (Å²) < 4.78 is 5.51. The number of carboxylic acids is 1. The molecule has 5 nitrogen and oxygen atoms in total. The topological polar surface area (TPSA) is 76.5 Å². The van der Waals surface area contributed by atoms with Gasteiger partial charge in [0.1, 0.15) is 16.3 Å². The number of carbonyl (C=O) groups is 2. The molecule has 1 saturated carbocycles. The number of ether oxygens (including phenoxy) is 1. The molecule has 1 aromatic rings. The zero-order valence-corrected chi connectivity index (χ0v) is 10.8. The molecular formula is C13H12ClNO4. The molecule has 0 atom stereocenters. The predicted octanol–water partition coefficient (Wildman–Crippen LogP) is 2.38. The molecule has 1 N–H and O–H groups in total. The van der Waals surface area contributed by atoms with Crippen LogP contribution in [0, 0.1) is 5.92 Å². The average Bonchev–Trinajstić information content (AvgIpc) is 2.64. The standard InChI is InChI=1S/C13H12ClNO4/c14-10-9-8(3-6-15-10)13(19-12(9)18)4-1-7(2-5-13)11(16)17/h3,6-7H,1-2,4-5H2,(H,16,17). The molecule has 1 spiro atoms. The number of fused-ring (bicyclic) bond motifs is 2. The summed E-state index contributed by atoms with van der Waals surface area (Å²) >= 11 is 5.94. The van der Waals surface area contributed by atoms with Crippen LogP contribution in [0.4, 0.5) is 0 Å². The van der Waals surface area contributed by atoms with Gasteiger partial charge in [-0.15, -0.1) is 0 Å². The van der Waals surface area contributed by atoms with Crippen molar-refractivity contribution >= 4 is 23.5 Å². The number of halogens is 1. The van der Waals surface area contributed by atoms with Gasteiger partial charge >= 0.3 is 11.9 Å². The largest absolute Gasteiger partial charge is 0.481 e. The molecule has 19 heavy (non-hydrogen) atoms. The summed E-state index contributed by atoms with van der Waals surface area (Å²) in [4.78, 5) is 26.8. The molecule has 0 aromatic carbocycles. The number of hydrogen-bond donors (Lipinski definition) is 1. The van der Waals surface area contributed by atoms with Crippen molar-refractivity contribution in [2.75, 3.05) is 0 Å². The third-order valence-electron chi connectivity index (χ3n) is 4.03. The normalized spacial score (nSPS) is 29.1. The van der Waals surface area contributed by atoms with Gasteiger partial charge in [0, 0.05) is 11.8 Å². The Morgan fingerprint density at radius 2 is 2.16 bits per heavy atom. The minimum Gasteiger partial charge on any atom is -0.481 e. The Hall–Kier alpha value is -1.62. The molecule has 6 heteroatoms. The van der Waals surface area contributed by atoms with Gasteiger partial charge in [0.05, 0.1) is 5.92 Å². The Kier molecular flexibility index (Phi) is 2.74. The minimum absolute atomic E-state index is 0.153. The first-order valence-electron chi connectivity index (χ1n) is 6.15. The van der Waals surface area contributed by atoms with Crippen molar-refractivity contribution in [1.29, 1.82) is 0 Å². The highest BCUT2D eigenvalue weighted by atomic mass is 35.5. The number of hydrogen-bond acceptors (Lipinski definition) is 4. The number of aliphatic carboxylic acids is 1. The van der Waals surface area contributed by atoms with Gasteiger partial charge in [-0.2, -0.15) is 0 Å². The van der Waals surface area contributed by atoms with Gasteiger partial charge in [0.2, 0.25) is 0 Å². The van der Waals surface area contributed by atoms with Crippen molar-refractivity contribution in [2.24, 2.45) is 5.92 Å². The van der Waals surface area contributed by atoms with Gasteiger partial charge in [-0.25, -0.2) is 9.78 Å². The summed E-state index contributed by atoms with van der Waals surface area (Å²) in [5.74, 6) is -1.60. The van der Waals surface area contributed by atoms with E-state index in [1.54, 1.807) is 12.3 Å². The maximum absolute atomic E-state index is 11.9. The van der Waals surface area contributed by atoms with Crippen LogP contribution < -0.4 is 0 Å². The Balaban J connectivity index is 1.96. The summed E-state index contributed by atoms with van der Waals surface area (Å²) in [6.07, 6.45) is 3.59. The summed E-state index contributed by atoms with van der Waals surface area (Å²) in [7, 11) is 0. The van der Waals surface area contributed by atoms with Gasteiger partial charge in [-0.05, 0) is 31.7 Å². The molecule has 0 radical (unpaired) electrons. The second kappa shape index (κ2) is 4.20. The summed E-state index contributed by atoms with van der Waals surface area (Å²) in [6, 6.07) is 1.74. The lowest BCUT2D eigenvalue weighted by Gasteiger charge is -2.35. The van der Waals surface area contributed by atoms with Crippen LogP contribution in [0.15, 0.2) is 12.3 Å². The third kappa shape index (κ3) is 1.80. The number of carbonyl (C=O) groups excluding carboxylic acids is 1. The molecule has 1 aromatic heterocycles. The lowest BCUT2D eigenvalue weighted by Crippen LogP contribution is -2.34. The third-order valence-corrected chi connectivity index (χ3v) is 4.32. The molecule has 100 valence electrons. The number of aromatic nitrogens is 1. The molecule has 0 saturated heterocycles. The van der Waals surface area contributed by atoms with E-state index >= 15 is 0 Å². The van der Waals surface area contributed by atoms with Crippen molar-refractivity contribution in [3.05, 3.63) is 28.5 Å². The second-order valence-corrected chi connectivity index (χ2v) is 5.38. The number of pyridine rings is 1. The van der Waals surface area contributed by atoms with Crippen LogP contribution >= 0.6 is 11.6 Å². The molecule has 2 heterocycles. The summed E-state index contributed by atoms with van der Waals surface area (Å²) in [6.45, 7) is 0. The van der Waals surface area contributed by atoms with Crippen LogP contribution in [-0.4, -0.2) is 22.0 Å². The first-order chi connectivity index (χ1) is 9.03. The number of rotatable bonds is 1. The number of nitrogens with zero attached hydrogens (tertiary/aromatic N) is 1. The SMILES string of the molecule is O=C1OC2(CCC(C(=O)O)CC2)c2ccnc(Cl)c21. The van der Waals surface area contributed by atoms with E-state index in [2.05, 4.69) is 4.98 Å². The fraction of sp³-hybridized carbons (Fsp3) is 0.462. The lowest BCUT2D eigenvalue weighted by atomic mass is 9.75. The Bertz CT molecular complexity index is 564. The fourth-order valence-electron chi connectivity index (χ4n) is 3.00. The quantitative estimate of drug-likeness (QED) is 0.632. The van der Waals surface area contributed by atoms with E-state index in [1.165, 1.54) is 0 Å². The molecule has 1 aliphatic heterocycles. The maximum Gasteiger partial charge on any atom is 0.342 e. The summed E-state index contributed by atoms with van der Waals surface area (Å²) in [5.41, 5.74) is 0.379. The van der Waals surface area contributed by atoms with E-state index in [-0.39, 0.29) is 11.1 Å². The van der Waals surface area contributed by atoms with Gasteiger partial charge < -0.3 is 9.84 Å². The second-order valence-electron chi connectivity index (χ2n) is 5.02. The van der Waals surface area contributed by atoms with E-state index in [1.807, 2.05) is 0 Å². The van der Waals surface area contributed by atoms with Gasteiger partial charge in [0.25, 0.3) is 0 Å². The van der Waals surface area contributed by atoms with Gasteiger partial charge in [-0.1, -0.05) is 11.6 Å². The number of esters is 1. The maximum atomic E-state index is 11.9. The van der Waals surface area contributed by atoms with Crippen LogP contribution in [0.3, 0.4) is 0 Å². The average molecular weight is 282 g/mol. The van der Waals surface area contributed by atoms with E-state index in [0.717, 1.165) is 5.56 Å². The van der Waals surface area contributed by atoms with Crippen molar-refractivity contribution in [3.63, 3.8) is 0 Å². The first kappa shape index (κ1) is 12.4. The Labute approximate surface area is 114 Å². The Morgan fingerprint density at radius 1 is 1.47 bits per heavy atom. The summed E-state index contributed by atoms with van der Waals surface area (Å²) in [5, 5.41) is 9.17. The van der Waals surface area contributed by atoms with Crippen LogP contribution in [0.2, 0.25) is 5.15 Å². The highest BCUT2D eigenvalue weighted by Gasteiger charge is 2.49. The molecule has 2 aliphatic rings. The van der Waals surface area contributed by atoms with E-state index in [4.69, 9.17) is 21.4 Å². The van der Waals surface area contributed by atoms with Crippen molar-refractivity contribution in [2.45, 2.75) is 31.3 Å². The van der Waals surface area contributed by atoms with Crippen LogP contribution in [-0.2, 0) is 15.1 Å². The molecule has 1 fully saturated rings. The van der Waals surface area contributed by atoms with E-state index in [9.17, 15) is 9.59 Å². The Morgan fingerprint density at radius 3 is 2.79 bits per heavy atom. The zero-order valence-electron chi connectivity index (χ0n) is 10.1. The highest BCUT2D eigenvalue weighted by molar-refractivity contribution is 6.32. The highest BCUT2D eigenvalue weighted by Crippen LogP contribution is 2.49. The smallest absolute Gasteiger partial charge is 0.342 e. The minimum atomic E-state index is -0.785. The van der Waals surface area contributed by atoms with Gasteiger partial charge in [-0.3, -0.25) is 4.79 Å². The monoisotopic (exact) mass is 281 g/mol. The molecule has 0 unspecified atom stereocenters. The molecule has 0 bridgehead atoms. The van der Waals surface area contributed by atoms with Gasteiger partial charge in [0.15, 0.2) is 0 Å². The predicted molar refractivity (Wildman–Crippen MR) is 65.9 cm³/mol. The van der Waals surface area contributed by atoms with Crippen molar-refractivity contribution in [1.82, 2.24) is 4.98 Å². The molecule has 1 aliphatic carbocycles. The van der Waals surface area contributed by atoms with E-state index in [0.29, 0.717) is 31.2 Å². The lowest BCUT2D eigenvalue weighted by molar-refractivity contribution is -0.144. The molecule has 0 amide bonds. The number of carboxylic acid groups (broad SMARTS) is 1. The molecular weight excluding hydrogens is 270 g/mol. The van der Waals surface area contributed by atoms with Crippen LogP contribution in [0.25, 0.3) is 0 Å².